The normalized spacial score (nSPS) is 12.4. The summed E-state index contributed by atoms with van der Waals surface area (Å²) in [7, 11) is 0. The monoisotopic (exact) mass is 256 g/mol. The Labute approximate surface area is 113 Å². The molecule has 0 spiro atoms. The highest BCUT2D eigenvalue weighted by molar-refractivity contribution is 5.76. The first kappa shape index (κ1) is 17.4. The van der Waals surface area contributed by atoms with Gasteiger partial charge in [0.15, 0.2) is 0 Å². The summed E-state index contributed by atoms with van der Waals surface area (Å²) in [5, 5.41) is 3.08. The number of hydrogen-bond acceptors (Lipinski definition) is 2. The number of rotatable bonds is 12. The zero-order valence-corrected chi connectivity index (χ0v) is 12.3. The van der Waals surface area contributed by atoms with Crippen LogP contribution in [0.1, 0.15) is 78.1 Å². The van der Waals surface area contributed by atoms with Crippen molar-refractivity contribution in [3.05, 3.63) is 0 Å². The fraction of sp³-hybridized carbons (Fsp3) is 0.933. The highest BCUT2D eigenvalue weighted by atomic mass is 16.1. The van der Waals surface area contributed by atoms with Crippen molar-refractivity contribution in [3.8, 4) is 0 Å². The molecule has 0 saturated carbocycles. The van der Waals surface area contributed by atoms with Crippen molar-refractivity contribution in [2.45, 2.75) is 84.1 Å². The van der Waals surface area contributed by atoms with Gasteiger partial charge < -0.3 is 11.1 Å². The van der Waals surface area contributed by atoms with Gasteiger partial charge in [-0.3, -0.25) is 4.79 Å². The largest absolute Gasteiger partial charge is 0.354 e. The number of amides is 1. The fourth-order valence-electron chi connectivity index (χ4n) is 2.08. The molecule has 0 heterocycles. The van der Waals surface area contributed by atoms with E-state index in [1.54, 1.807) is 0 Å². The lowest BCUT2D eigenvalue weighted by Crippen LogP contribution is -2.32. The molecule has 3 nitrogen and oxygen atoms in total. The number of nitrogens with one attached hydrogen (secondary N) is 1. The molecule has 0 rings (SSSR count). The lowest BCUT2D eigenvalue weighted by Gasteiger charge is -2.13. The maximum Gasteiger partial charge on any atom is 0.220 e. The predicted molar refractivity (Wildman–Crippen MR) is 78.5 cm³/mol. The Kier molecular flexibility index (Phi) is 12.5. The summed E-state index contributed by atoms with van der Waals surface area (Å²) >= 11 is 0. The minimum absolute atomic E-state index is 0.214. The molecule has 0 bridgehead atoms. The molecule has 0 radical (unpaired) electrons. The molecule has 1 unspecified atom stereocenters. The number of unbranched alkanes of at least 4 members (excludes halogenated alkanes) is 6. The molecule has 0 aliphatic rings. The molecule has 0 fully saturated rings. The molecule has 3 N–H and O–H groups in total. The average Bonchev–Trinajstić information content (AvgIpc) is 2.34. The van der Waals surface area contributed by atoms with E-state index in [4.69, 9.17) is 5.73 Å². The third kappa shape index (κ3) is 11.9. The van der Waals surface area contributed by atoms with Crippen LogP contribution in [0.4, 0.5) is 0 Å². The third-order valence-corrected chi connectivity index (χ3v) is 3.26. The zero-order chi connectivity index (χ0) is 13.6. The first-order valence-electron chi connectivity index (χ1n) is 7.70. The summed E-state index contributed by atoms with van der Waals surface area (Å²) in [4.78, 5) is 11.6. The first-order valence-corrected chi connectivity index (χ1v) is 7.70. The van der Waals surface area contributed by atoms with Crippen LogP contribution in [-0.2, 0) is 4.79 Å². The van der Waals surface area contributed by atoms with Crippen LogP contribution in [0, 0.1) is 0 Å². The molecule has 0 aliphatic carbocycles. The van der Waals surface area contributed by atoms with E-state index >= 15 is 0 Å². The van der Waals surface area contributed by atoms with Gasteiger partial charge in [-0.05, 0) is 32.7 Å². The Morgan fingerprint density at radius 2 is 1.72 bits per heavy atom. The van der Waals surface area contributed by atoms with Crippen molar-refractivity contribution in [2.24, 2.45) is 5.73 Å². The summed E-state index contributed by atoms with van der Waals surface area (Å²) in [5.74, 6) is 0.214. The second-order valence-corrected chi connectivity index (χ2v) is 5.27. The van der Waals surface area contributed by atoms with E-state index in [1.807, 2.05) is 0 Å². The highest BCUT2D eigenvalue weighted by Crippen LogP contribution is 2.06. The molecule has 3 heteroatoms. The van der Waals surface area contributed by atoms with Gasteiger partial charge >= 0.3 is 0 Å². The Balaban J connectivity index is 3.37. The minimum atomic E-state index is 0.214. The highest BCUT2D eigenvalue weighted by Gasteiger charge is 2.06. The third-order valence-electron chi connectivity index (χ3n) is 3.26. The van der Waals surface area contributed by atoms with Gasteiger partial charge in [0.05, 0.1) is 0 Å². The Morgan fingerprint density at radius 1 is 1.06 bits per heavy atom. The topological polar surface area (TPSA) is 55.1 Å². The minimum Gasteiger partial charge on any atom is -0.354 e. The van der Waals surface area contributed by atoms with Gasteiger partial charge in [-0.2, -0.15) is 0 Å². The van der Waals surface area contributed by atoms with E-state index < -0.39 is 0 Å². The average molecular weight is 256 g/mol. The first-order chi connectivity index (χ1) is 8.70. The smallest absolute Gasteiger partial charge is 0.220 e. The number of carbonyl (C=O) groups excluding carboxylic acids is 1. The van der Waals surface area contributed by atoms with E-state index in [1.165, 1.54) is 25.7 Å². The molecular formula is C15H32N2O. The van der Waals surface area contributed by atoms with Crippen LogP contribution in [0.2, 0.25) is 0 Å². The van der Waals surface area contributed by atoms with Crippen molar-refractivity contribution in [3.63, 3.8) is 0 Å². The molecule has 0 aromatic rings. The Morgan fingerprint density at radius 3 is 2.39 bits per heavy atom. The van der Waals surface area contributed by atoms with E-state index in [-0.39, 0.29) is 5.91 Å². The molecule has 1 amide bonds. The van der Waals surface area contributed by atoms with Gasteiger partial charge in [0.1, 0.15) is 0 Å². The van der Waals surface area contributed by atoms with Gasteiger partial charge in [-0.15, -0.1) is 0 Å². The predicted octanol–water partition coefficient (Wildman–Crippen LogP) is 3.37. The van der Waals surface area contributed by atoms with Crippen LogP contribution in [0.15, 0.2) is 0 Å². The van der Waals surface area contributed by atoms with Gasteiger partial charge in [0.2, 0.25) is 5.91 Å². The Bertz CT molecular complexity index is 195. The molecule has 0 aliphatic heterocycles. The summed E-state index contributed by atoms with van der Waals surface area (Å²) in [6.07, 6.45) is 11.2. The van der Waals surface area contributed by atoms with Crippen LogP contribution in [0.5, 0.6) is 0 Å². The van der Waals surface area contributed by atoms with Crippen molar-refractivity contribution >= 4 is 5.91 Å². The molecule has 18 heavy (non-hydrogen) atoms. The van der Waals surface area contributed by atoms with Crippen molar-refractivity contribution in [2.75, 3.05) is 6.54 Å². The SMILES string of the molecule is CCCCCCC(C)NC(=O)CCCCCCN. The maximum atomic E-state index is 11.6. The van der Waals surface area contributed by atoms with Crippen molar-refractivity contribution in [1.82, 2.24) is 5.32 Å². The molecule has 0 aromatic carbocycles. The van der Waals surface area contributed by atoms with Crippen LogP contribution >= 0.6 is 0 Å². The molecular weight excluding hydrogens is 224 g/mol. The summed E-state index contributed by atoms with van der Waals surface area (Å²) in [6.45, 7) is 5.09. The number of hydrogen-bond donors (Lipinski definition) is 2. The number of carbonyl (C=O) groups is 1. The fourth-order valence-corrected chi connectivity index (χ4v) is 2.08. The van der Waals surface area contributed by atoms with E-state index in [2.05, 4.69) is 19.2 Å². The maximum absolute atomic E-state index is 11.6. The standard InChI is InChI=1S/C15H32N2O/c1-3-4-5-8-11-14(2)17-15(18)12-9-6-7-10-13-16/h14H,3-13,16H2,1-2H3,(H,17,18). The van der Waals surface area contributed by atoms with E-state index in [0.717, 1.165) is 38.6 Å². The molecule has 0 aromatic heterocycles. The lowest BCUT2D eigenvalue weighted by molar-refractivity contribution is -0.121. The van der Waals surface area contributed by atoms with Gasteiger partial charge in [-0.25, -0.2) is 0 Å². The molecule has 108 valence electrons. The summed E-state index contributed by atoms with van der Waals surface area (Å²) < 4.78 is 0. The van der Waals surface area contributed by atoms with Gasteiger partial charge in [0, 0.05) is 12.5 Å². The second-order valence-electron chi connectivity index (χ2n) is 5.27. The van der Waals surface area contributed by atoms with Crippen LogP contribution < -0.4 is 11.1 Å². The van der Waals surface area contributed by atoms with Crippen LogP contribution in [0.3, 0.4) is 0 Å². The zero-order valence-electron chi connectivity index (χ0n) is 12.3. The van der Waals surface area contributed by atoms with E-state index in [9.17, 15) is 4.79 Å². The lowest BCUT2D eigenvalue weighted by atomic mass is 10.1. The summed E-state index contributed by atoms with van der Waals surface area (Å²) in [6, 6.07) is 0.332. The second kappa shape index (κ2) is 12.9. The molecule has 0 saturated heterocycles. The Hall–Kier alpha value is -0.570. The van der Waals surface area contributed by atoms with Crippen molar-refractivity contribution in [1.29, 1.82) is 0 Å². The molecule has 1 atom stereocenters. The van der Waals surface area contributed by atoms with Crippen molar-refractivity contribution < 1.29 is 4.79 Å². The quantitative estimate of drug-likeness (QED) is 0.526. The van der Waals surface area contributed by atoms with Gasteiger partial charge in [0.25, 0.3) is 0 Å². The van der Waals surface area contributed by atoms with Crippen LogP contribution in [-0.4, -0.2) is 18.5 Å². The van der Waals surface area contributed by atoms with Gasteiger partial charge in [-0.1, -0.05) is 45.4 Å². The van der Waals surface area contributed by atoms with E-state index in [0.29, 0.717) is 12.5 Å². The van der Waals surface area contributed by atoms with Crippen LogP contribution in [0.25, 0.3) is 0 Å². The number of nitrogens with two attached hydrogens (primary N) is 1. The summed E-state index contributed by atoms with van der Waals surface area (Å²) in [5.41, 5.74) is 5.43.